The highest BCUT2D eigenvalue weighted by molar-refractivity contribution is 9.10. The summed E-state index contributed by atoms with van der Waals surface area (Å²) in [5, 5.41) is 2.83. The van der Waals surface area contributed by atoms with Crippen molar-refractivity contribution in [3.05, 3.63) is 58.1 Å². The number of anilines is 1. The van der Waals surface area contributed by atoms with Crippen LogP contribution in [-0.2, 0) is 14.9 Å². The van der Waals surface area contributed by atoms with Gasteiger partial charge in [-0.05, 0) is 70.1 Å². The van der Waals surface area contributed by atoms with E-state index in [-0.39, 0.29) is 17.3 Å². The highest BCUT2D eigenvalue weighted by Gasteiger charge is 2.15. The van der Waals surface area contributed by atoms with Crippen molar-refractivity contribution < 1.29 is 19.1 Å². The van der Waals surface area contributed by atoms with E-state index in [0.29, 0.717) is 37.3 Å². The zero-order valence-electron chi connectivity index (χ0n) is 18.8. The highest BCUT2D eigenvalue weighted by Crippen LogP contribution is 2.31. The molecule has 0 aliphatic carbocycles. The van der Waals surface area contributed by atoms with E-state index in [4.69, 9.17) is 9.47 Å². The molecule has 2 aromatic rings. The maximum Gasteiger partial charge on any atom is 0.338 e. The van der Waals surface area contributed by atoms with Gasteiger partial charge in [-0.1, -0.05) is 46.2 Å². The first-order chi connectivity index (χ1) is 14.7. The summed E-state index contributed by atoms with van der Waals surface area (Å²) in [6.07, 6.45) is 2.70. The number of halogens is 1. The number of amides is 1. The minimum Gasteiger partial charge on any atom is -0.492 e. The quantitative estimate of drug-likeness (QED) is 0.305. The number of esters is 1. The third kappa shape index (κ3) is 8.37. The molecule has 31 heavy (non-hydrogen) atoms. The summed E-state index contributed by atoms with van der Waals surface area (Å²) < 4.78 is 11.9. The number of ether oxygens (including phenoxy) is 2. The van der Waals surface area contributed by atoms with Gasteiger partial charge in [-0.15, -0.1) is 0 Å². The Morgan fingerprint density at radius 2 is 1.81 bits per heavy atom. The van der Waals surface area contributed by atoms with Crippen LogP contribution in [0.5, 0.6) is 5.75 Å². The molecule has 2 aromatic carbocycles. The molecular weight excluding hydrogens is 458 g/mol. The SMILES string of the molecule is CCCCOC(=O)c1cccc(NC(=O)CCCOc2ccc(C(C)(C)C)cc2Br)c1. The van der Waals surface area contributed by atoms with Crippen molar-refractivity contribution in [1.29, 1.82) is 0 Å². The van der Waals surface area contributed by atoms with Crippen molar-refractivity contribution in [2.24, 2.45) is 0 Å². The molecule has 0 saturated carbocycles. The average molecular weight is 490 g/mol. The summed E-state index contributed by atoms with van der Waals surface area (Å²) in [5.74, 6) is 0.269. The minimum absolute atomic E-state index is 0.0721. The molecule has 0 unspecified atom stereocenters. The molecule has 2 rings (SSSR count). The Kier molecular flexibility index (Phi) is 9.56. The molecule has 0 fully saturated rings. The molecule has 0 bridgehead atoms. The van der Waals surface area contributed by atoms with Gasteiger partial charge < -0.3 is 14.8 Å². The number of nitrogens with one attached hydrogen (secondary N) is 1. The molecule has 0 aliphatic rings. The largest absolute Gasteiger partial charge is 0.492 e. The maximum atomic E-state index is 12.2. The molecule has 0 spiro atoms. The molecule has 6 heteroatoms. The van der Waals surface area contributed by atoms with Crippen LogP contribution in [0.15, 0.2) is 46.9 Å². The monoisotopic (exact) mass is 489 g/mol. The molecule has 0 heterocycles. The van der Waals surface area contributed by atoms with Crippen LogP contribution < -0.4 is 10.1 Å². The van der Waals surface area contributed by atoms with Gasteiger partial charge in [0, 0.05) is 12.1 Å². The molecule has 1 amide bonds. The second-order valence-electron chi connectivity index (χ2n) is 8.47. The third-order valence-electron chi connectivity index (χ3n) is 4.72. The lowest BCUT2D eigenvalue weighted by Crippen LogP contribution is -2.14. The van der Waals surface area contributed by atoms with Crippen molar-refractivity contribution in [3.63, 3.8) is 0 Å². The Hall–Kier alpha value is -2.34. The summed E-state index contributed by atoms with van der Waals surface area (Å²) in [5.41, 5.74) is 2.31. The van der Waals surface area contributed by atoms with Crippen LogP contribution in [-0.4, -0.2) is 25.1 Å². The van der Waals surface area contributed by atoms with Crippen molar-refractivity contribution in [2.45, 2.75) is 58.8 Å². The molecule has 0 radical (unpaired) electrons. The number of benzene rings is 2. The van der Waals surface area contributed by atoms with Gasteiger partial charge in [0.15, 0.2) is 0 Å². The second kappa shape index (κ2) is 11.9. The lowest BCUT2D eigenvalue weighted by atomic mass is 9.87. The van der Waals surface area contributed by atoms with Gasteiger partial charge in [0.2, 0.25) is 5.91 Å². The van der Waals surface area contributed by atoms with E-state index in [0.717, 1.165) is 23.1 Å². The average Bonchev–Trinajstić information content (AvgIpc) is 2.71. The summed E-state index contributed by atoms with van der Waals surface area (Å²) >= 11 is 3.56. The smallest absolute Gasteiger partial charge is 0.338 e. The fourth-order valence-electron chi connectivity index (χ4n) is 2.84. The van der Waals surface area contributed by atoms with Crippen molar-refractivity contribution in [1.82, 2.24) is 0 Å². The Morgan fingerprint density at radius 3 is 2.48 bits per heavy atom. The first kappa shape index (κ1) is 24.9. The second-order valence-corrected chi connectivity index (χ2v) is 9.32. The Balaban J connectivity index is 1.79. The van der Waals surface area contributed by atoms with Gasteiger partial charge >= 0.3 is 5.97 Å². The van der Waals surface area contributed by atoms with Gasteiger partial charge in [-0.2, -0.15) is 0 Å². The Labute approximate surface area is 193 Å². The normalized spacial score (nSPS) is 11.1. The Bertz CT molecular complexity index is 889. The zero-order chi connectivity index (χ0) is 22.9. The van der Waals surface area contributed by atoms with Gasteiger partial charge in [0.1, 0.15) is 5.75 Å². The lowest BCUT2D eigenvalue weighted by molar-refractivity contribution is -0.116. The van der Waals surface area contributed by atoms with E-state index in [1.165, 1.54) is 5.56 Å². The van der Waals surface area contributed by atoms with Gasteiger partial charge in [0.25, 0.3) is 0 Å². The maximum absolute atomic E-state index is 12.2. The van der Waals surface area contributed by atoms with E-state index in [9.17, 15) is 9.59 Å². The summed E-state index contributed by atoms with van der Waals surface area (Å²) in [6.45, 7) is 9.37. The number of carbonyl (C=O) groups excluding carboxylic acids is 2. The van der Waals surface area contributed by atoms with Crippen LogP contribution in [0.4, 0.5) is 5.69 Å². The van der Waals surface area contributed by atoms with Crippen molar-refractivity contribution >= 4 is 33.5 Å². The molecule has 0 saturated heterocycles. The summed E-state index contributed by atoms with van der Waals surface area (Å²) in [4.78, 5) is 24.3. The van der Waals surface area contributed by atoms with Gasteiger partial charge in [0.05, 0.1) is 23.2 Å². The fraction of sp³-hybridized carbons (Fsp3) is 0.440. The van der Waals surface area contributed by atoms with E-state index in [1.54, 1.807) is 24.3 Å². The number of unbranched alkanes of at least 4 members (excludes halogenated alkanes) is 1. The highest BCUT2D eigenvalue weighted by atomic mass is 79.9. The summed E-state index contributed by atoms with van der Waals surface area (Å²) in [7, 11) is 0. The van der Waals surface area contributed by atoms with Crippen LogP contribution in [0.3, 0.4) is 0 Å². The van der Waals surface area contributed by atoms with Crippen molar-refractivity contribution in [2.75, 3.05) is 18.5 Å². The van der Waals surface area contributed by atoms with Gasteiger partial charge in [-0.3, -0.25) is 4.79 Å². The third-order valence-corrected chi connectivity index (χ3v) is 5.34. The molecule has 0 atom stereocenters. The molecule has 5 nitrogen and oxygen atoms in total. The number of carbonyl (C=O) groups is 2. The van der Waals surface area contributed by atoms with Crippen LogP contribution in [0.2, 0.25) is 0 Å². The minimum atomic E-state index is -0.374. The predicted octanol–water partition coefficient (Wildman–Crippen LogP) is 6.50. The van der Waals surface area contributed by atoms with Gasteiger partial charge in [-0.25, -0.2) is 4.79 Å². The molecule has 0 aromatic heterocycles. The first-order valence-electron chi connectivity index (χ1n) is 10.7. The Morgan fingerprint density at radius 1 is 1.03 bits per heavy atom. The molecular formula is C25H32BrNO4. The number of rotatable bonds is 10. The number of hydrogen-bond acceptors (Lipinski definition) is 4. The molecule has 0 aliphatic heterocycles. The summed E-state index contributed by atoms with van der Waals surface area (Å²) in [6, 6.07) is 12.9. The van der Waals surface area contributed by atoms with Crippen LogP contribution in [0, 0.1) is 0 Å². The fourth-order valence-corrected chi connectivity index (χ4v) is 3.33. The van der Waals surface area contributed by atoms with Crippen molar-refractivity contribution in [3.8, 4) is 5.75 Å². The van der Waals surface area contributed by atoms with Crippen LogP contribution in [0.25, 0.3) is 0 Å². The van der Waals surface area contributed by atoms with E-state index in [1.807, 2.05) is 13.0 Å². The van der Waals surface area contributed by atoms with Crippen LogP contribution >= 0.6 is 15.9 Å². The van der Waals surface area contributed by atoms with E-state index in [2.05, 4.69) is 54.2 Å². The topological polar surface area (TPSA) is 64.6 Å². The molecule has 1 N–H and O–H groups in total. The van der Waals surface area contributed by atoms with E-state index < -0.39 is 0 Å². The van der Waals surface area contributed by atoms with Crippen LogP contribution in [0.1, 0.15) is 69.3 Å². The van der Waals surface area contributed by atoms with E-state index >= 15 is 0 Å². The predicted molar refractivity (Wildman–Crippen MR) is 128 cm³/mol. The molecule has 168 valence electrons. The standard InChI is InChI=1S/C25H32BrNO4/c1-5-6-14-31-24(29)18-9-7-10-20(16-18)27-23(28)11-8-15-30-22-13-12-19(17-21(22)26)25(2,3)4/h7,9-10,12-13,16-17H,5-6,8,11,14-15H2,1-4H3,(H,27,28). The number of hydrogen-bond donors (Lipinski definition) is 1. The lowest BCUT2D eigenvalue weighted by Gasteiger charge is -2.20. The first-order valence-corrected chi connectivity index (χ1v) is 11.5. The zero-order valence-corrected chi connectivity index (χ0v) is 20.4.